The Kier molecular flexibility index (Phi) is 4.38. The lowest BCUT2D eigenvalue weighted by Crippen LogP contribution is -2.27. The van der Waals surface area contributed by atoms with Gasteiger partial charge in [-0.1, -0.05) is 35.5 Å². The van der Waals surface area contributed by atoms with Crippen molar-refractivity contribution in [3.63, 3.8) is 0 Å². The number of aromatic amines is 1. The van der Waals surface area contributed by atoms with Crippen molar-refractivity contribution in [1.82, 2.24) is 20.0 Å². The highest BCUT2D eigenvalue weighted by Crippen LogP contribution is 2.29. The zero-order chi connectivity index (χ0) is 20.8. The second-order valence-electron chi connectivity index (χ2n) is 7.48. The SMILES string of the molecule is CC(C)(c1ccc(-n2cc(-c3cc4ccccc4[nH]c3=O)nn2)cc1)S(C)(=O)=O. The molecule has 0 spiro atoms. The third kappa shape index (κ3) is 3.36. The molecule has 8 heteroatoms. The van der Waals surface area contributed by atoms with Crippen LogP contribution >= 0.6 is 0 Å². The minimum atomic E-state index is -3.26. The summed E-state index contributed by atoms with van der Waals surface area (Å²) < 4.78 is 24.6. The molecule has 7 nitrogen and oxygen atoms in total. The summed E-state index contributed by atoms with van der Waals surface area (Å²) in [6, 6.07) is 16.4. The third-order valence-corrected chi connectivity index (χ3v) is 7.37. The highest BCUT2D eigenvalue weighted by Gasteiger charge is 2.32. The van der Waals surface area contributed by atoms with E-state index in [0.717, 1.165) is 10.9 Å². The number of nitrogens with one attached hydrogen (secondary N) is 1. The molecular weight excluding hydrogens is 388 g/mol. The standard InChI is InChI=1S/C21H20N4O3S/c1-21(2,29(3,27)28)15-8-10-16(11-9-15)25-13-19(23-24-25)17-12-14-6-4-5-7-18(14)22-20(17)26/h4-13H,1-3H3,(H,22,26). The topological polar surface area (TPSA) is 97.7 Å². The molecule has 0 aliphatic rings. The number of rotatable bonds is 4. The number of aromatic nitrogens is 4. The quantitative estimate of drug-likeness (QED) is 0.560. The molecule has 0 saturated heterocycles. The predicted molar refractivity (Wildman–Crippen MR) is 113 cm³/mol. The second kappa shape index (κ2) is 6.66. The van der Waals surface area contributed by atoms with Crippen LogP contribution in [0.1, 0.15) is 19.4 Å². The lowest BCUT2D eigenvalue weighted by Gasteiger charge is -2.23. The van der Waals surface area contributed by atoms with Gasteiger partial charge in [-0.05, 0) is 49.1 Å². The Morgan fingerprint density at radius 2 is 1.72 bits per heavy atom. The van der Waals surface area contributed by atoms with Crippen LogP contribution in [0.3, 0.4) is 0 Å². The molecular formula is C21H20N4O3S. The summed E-state index contributed by atoms with van der Waals surface area (Å²) in [7, 11) is -3.26. The molecule has 0 bridgehead atoms. The van der Waals surface area contributed by atoms with Crippen LogP contribution in [0.4, 0.5) is 0 Å². The monoisotopic (exact) mass is 408 g/mol. The maximum absolute atomic E-state index is 12.4. The summed E-state index contributed by atoms with van der Waals surface area (Å²) in [5.41, 5.74) is 2.82. The third-order valence-electron chi connectivity index (χ3n) is 5.28. The van der Waals surface area contributed by atoms with Crippen LogP contribution in [0.2, 0.25) is 0 Å². The average Bonchev–Trinajstić information content (AvgIpc) is 3.16. The molecule has 4 rings (SSSR count). The number of pyridine rings is 1. The fourth-order valence-corrected chi connectivity index (χ4v) is 3.64. The normalized spacial score (nSPS) is 12.4. The Hall–Kier alpha value is -3.26. The van der Waals surface area contributed by atoms with Gasteiger partial charge in [0, 0.05) is 11.8 Å². The molecule has 0 fully saturated rings. The van der Waals surface area contributed by atoms with E-state index in [2.05, 4.69) is 15.3 Å². The van der Waals surface area contributed by atoms with Gasteiger partial charge in [-0.2, -0.15) is 0 Å². The number of benzene rings is 2. The van der Waals surface area contributed by atoms with Gasteiger partial charge in [-0.15, -0.1) is 5.10 Å². The van der Waals surface area contributed by atoms with Gasteiger partial charge >= 0.3 is 0 Å². The number of fused-ring (bicyclic) bond motifs is 1. The fraction of sp³-hybridized carbons (Fsp3) is 0.190. The zero-order valence-corrected chi connectivity index (χ0v) is 17.1. The van der Waals surface area contributed by atoms with Gasteiger partial charge < -0.3 is 4.98 Å². The molecule has 4 aromatic rings. The van der Waals surface area contributed by atoms with E-state index in [-0.39, 0.29) is 5.56 Å². The molecule has 2 aromatic carbocycles. The van der Waals surface area contributed by atoms with Gasteiger partial charge in [-0.25, -0.2) is 13.1 Å². The Morgan fingerprint density at radius 3 is 2.41 bits per heavy atom. The van der Waals surface area contributed by atoms with Crippen molar-refractivity contribution in [2.45, 2.75) is 18.6 Å². The van der Waals surface area contributed by atoms with Crippen molar-refractivity contribution in [2.75, 3.05) is 6.26 Å². The van der Waals surface area contributed by atoms with E-state index in [1.165, 1.54) is 6.26 Å². The van der Waals surface area contributed by atoms with Crippen molar-refractivity contribution in [3.8, 4) is 16.9 Å². The summed E-state index contributed by atoms with van der Waals surface area (Å²) in [6.45, 7) is 3.35. The lowest BCUT2D eigenvalue weighted by atomic mass is 10.0. The van der Waals surface area contributed by atoms with Crippen LogP contribution < -0.4 is 5.56 Å². The fourth-order valence-electron chi connectivity index (χ4n) is 3.08. The van der Waals surface area contributed by atoms with Gasteiger partial charge in [0.25, 0.3) is 5.56 Å². The molecule has 2 aromatic heterocycles. The molecule has 0 unspecified atom stereocenters. The Balaban J connectivity index is 1.70. The average molecular weight is 408 g/mol. The highest BCUT2D eigenvalue weighted by atomic mass is 32.2. The first-order valence-electron chi connectivity index (χ1n) is 9.02. The Bertz CT molecular complexity index is 1370. The van der Waals surface area contributed by atoms with Crippen molar-refractivity contribution in [1.29, 1.82) is 0 Å². The first kappa shape index (κ1) is 19.1. The number of para-hydroxylation sites is 1. The number of nitrogens with zero attached hydrogens (tertiary/aromatic N) is 3. The largest absolute Gasteiger partial charge is 0.321 e. The predicted octanol–water partition coefficient (Wildman–Crippen LogP) is 3.06. The highest BCUT2D eigenvalue weighted by molar-refractivity contribution is 7.91. The minimum absolute atomic E-state index is 0.235. The first-order chi connectivity index (χ1) is 13.7. The van der Waals surface area contributed by atoms with Crippen LogP contribution in [0.15, 0.2) is 65.6 Å². The van der Waals surface area contributed by atoms with Crippen molar-refractivity contribution in [2.24, 2.45) is 0 Å². The molecule has 29 heavy (non-hydrogen) atoms. The van der Waals surface area contributed by atoms with Gasteiger partial charge in [0.15, 0.2) is 9.84 Å². The Morgan fingerprint density at radius 1 is 1.03 bits per heavy atom. The molecule has 0 amide bonds. The second-order valence-corrected chi connectivity index (χ2v) is 10.0. The van der Waals surface area contributed by atoms with Crippen LogP contribution in [-0.2, 0) is 14.6 Å². The summed E-state index contributed by atoms with van der Waals surface area (Å²) in [5, 5.41) is 9.16. The van der Waals surface area contributed by atoms with E-state index in [4.69, 9.17) is 0 Å². The maximum atomic E-state index is 12.4. The zero-order valence-electron chi connectivity index (χ0n) is 16.2. The van der Waals surface area contributed by atoms with Gasteiger partial charge in [0.1, 0.15) is 5.69 Å². The van der Waals surface area contributed by atoms with Crippen LogP contribution in [0, 0.1) is 0 Å². The van der Waals surface area contributed by atoms with E-state index in [0.29, 0.717) is 22.5 Å². The van der Waals surface area contributed by atoms with Crippen molar-refractivity contribution in [3.05, 3.63) is 76.7 Å². The van der Waals surface area contributed by atoms with Crippen molar-refractivity contribution >= 4 is 20.7 Å². The van der Waals surface area contributed by atoms with Crippen LogP contribution in [-0.4, -0.2) is 34.7 Å². The summed E-state index contributed by atoms with van der Waals surface area (Å²) in [5.74, 6) is 0. The molecule has 148 valence electrons. The molecule has 1 N–H and O–H groups in total. The summed E-state index contributed by atoms with van der Waals surface area (Å²) >= 11 is 0. The molecule has 0 aliphatic heterocycles. The van der Waals surface area contributed by atoms with E-state index in [9.17, 15) is 13.2 Å². The van der Waals surface area contributed by atoms with Crippen molar-refractivity contribution < 1.29 is 8.42 Å². The number of hydrogen-bond acceptors (Lipinski definition) is 5. The van der Waals surface area contributed by atoms with Gasteiger partial charge in [-0.3, -0.25) is 4.79 Å². The number of hydrogen-bond donors (Lipinski definition) is 1. The summed E-state index contributed by atoms with van der Waals surface area (Å²) in [6.07, 6.45) is 2.90. The van der Waals surface area contributed by atoms with Crippen LogP contribution in [0.5, 0.6) is 0 Å². The van der Waals surface area contributed by atoms with E-state index in [1.807, 2.05) is 24.3 Å². The van der Waals surface area contributed by atoms with Gasteiger partial charge in [0.05, 0.1) is 22.2 Å². The van der Waals surface area contributed by atoms with Crippen LogP contribution in [0.25, 0.3) is 27.8 Å². The number of sulfone groups is 1. The van der Waals surface area contributed by atoms with Gasteiger partial charge in [0.2, 0.25) is 0 Å². The lowest BCUT2D eigenvalue weighted by molar-refractivity contribution is 0.561. The molecule has 0 saturated carbocycles. The molecule has 0 radical (unpaired) electrons. The smallest absolute Gasteiger partial charge is 0.258 e. The van der Waals surface area contributed by atoms with E-state index in [1.54, 1.807) is 55.1 Å². The summed E-state index contributed by atoms with van der Waals surface area (Å²) in [4.78, 5) is 15.3. The minimum Gasteiger partial charge on any atom is -0.321 e. The molecule has 0 atom stereocenters. The van der Waals surface area contributed by atoms with E-state index < -0.39 is 14.6 Å². The molecule has 2 heterocycles. The first-order valence-corrected chi connectivity index (χ1v) is 10.9. The molecule has 0 aliphatic carbocycles. The maximum Gasteiger partial charge on any atom is 0.258 e. The number of H-pyrrole nitrogens is 1. The van der Waals surface area contributed by atoms with E-state index >= 15 is 0 Å². The Labute approximate surface area is 167 Å².